The number of hydrazone groups is 1. The minimum Gasteiger partial charge on any atom is -0.398 e. The fourth-order valence-electron chi connectivity index (χ4n) is 1.92. The molecule has 1 aromatic heterocycles. The Balaban J connectivity index is 2.06. The number of non-ortho nitro benzene ring substituents is 1. The Morgan fingerprint density at radius 2 is 2.00 bits per heavy atom. The van der Waals surface area contributed by atoms with Gasteiger partial charge in [0, 0.05) is 30.0 Å². The van der Waals surface area contributed by atoms with Crippen molar-refractivity contribution in [3.63, 3.8) is 0 Å². The number of hydrogen-bond donors (Lipinski definition) is 2. The molecule has 0 fully saturated rings. The lowest BCUT2D eigenvalue weighted by molar-refractivity contribution is -0.384. The number of rotatable bonds is 7. The van der Waals surface area contributed by atoms with Gasteiger partial charge >= 0.3 is 0 Å². The van der Waals surface area contributed by atoms with Crippen LogP contribution in [0.2, 0.25) is 0 Å². The predicted molar refractivity (Wildman–Crippen MR) is 101 cm³/mol. The van der Waals surface area contributed by atoms with Crippen LogP contribution in [-0.2, 0) is 14.4 Å². The zero-order chi connectivity index (χ0) is 19.8. The summed E-state index contributed by atoms with van der Waals surface area (Å²) in [7, 11) is 1.30. The molecule has 11 heteroatoms. The zero-order valence-corrected chi connectivity index (χ0v) is 15.1. The van der Waals surface area contributed by atoms with Gasteiger partial charge in [-0.1, -0.05) is 5.16 Å². The number of nitro groups is 1. The Hall–Kier alpha value is -3.60. The van der Waals surface area contributed by atoms with Crippen molar-refractivity contribution < 1.29 is 19.3 Å². The Morgan fingerprint density at radius 1 is 1.30 bits per heavy atom. The van der Waals surface area contributed by atoms with E-state index in [-0.39, 0.29) is 17.3 Å². The summed E-state index contributed by atoms with van der Waals surface area (Å²) in [6.45, 7) is 1.38. The lowest BCUT2D eigenvalue weighted by Gasteiger charge is -2.02. The molecule has 140 valence electrons. The molecule has 0 atom stereocenters. The first kappa shape index (κ1) is 19.7. The number of benzene rings is 1. The summed E-state index contributed by atoms with van der Waals surface area (Å²) in [6, 6.07) is 7.24. The van der Waals surface area contributed by atoms with Gasteiger partial charge in [-0.2, -0.15) is 5.10 Å². The number of carbonyl (C=O) groups excluding carboxylic acids is 2. The summed E-state index contributed by atoms with van der Waals surface area (Å²) in [5.41, 5.74) is 3.26. The molecule has 2 amide bonds. The molecule has 27 heavy (non-hydrogen) atoms. The molecule has 0 saturated heterocycles. The Morgan fingerprint density at radius 3 is 2.59 bits per heavy atom. The van der Waals surface area contributed by atoms with Crippen molar-refractivity contribution >= 4 is 45.8 Å². The molecule has 10 nitrogen and oxygen atoms in total. The minimum atomic E-state index is -0.623. The molecular weight excluding hydrogens is 374 g/mol. The quantitative estimate of drug-likeness (QED) is 0.425. The van der Waals surface area contributed by atoms with Crippen molar-refractivity contribution in [1.29, 1.82) is 0 Å². The van der Waals surface area contributed by atoms with Crippen molar-refractivity contribution in [2.75, 3.05) is 12.4 Å². The van der Waals surface area contributed by atoms with Crippen LogP contribution >= 0.6 is 11.3 Å². The Kier molecular flexibility index (Phi) is 6.72. The molecule has 0 unspecified atom stereocenters. The van der Waals surface area contributed by atoms with Gasteiger partial charge in [-0.15, -0.1) is 11.3 Å². The van der Waals surface area contributed by atoms with E-state index in [1.165, 1.54) is 55.9 Å². The molecule has 2 N–H and O–H groups in total. The monoisotopic (exact) mass is 389 g/mol. The summed E-state index contributed by atoms with van der Waals surface area (Å²) in [5, 5.41) is 22.9. The molecular formula is C16H15N5O5S. The van der Waals surface area contributed by atoms with Crippen molar-refractivity contribution in [2.24, 2.45) is 10.3 Å². The average Bonchev–Trinajstić information content (AvgIpc) is 3.07. The summed E-state index contributed by atoms with van der Waals surface area (Å²) < 4.78 is 0. The number of nitrogens with one attached hydrogen (secondary N) is 2. The van der Waals surface area contributed by atoms with Crippen LogP contribution in [0.5, 0.6) is 0 Å². The minimum absolute atomic E-state index is 0.0220. The van der Waals surface area contributed by atoms with Gasteiger partial charge in [0.15, 0.2) is 5.71 Å². The smallest absolute Gasteiger partial charge is 0.294 e. The number of amides is 2. The highest BCUT2D eigenvalue weighted by Crippen LogP contribution is 2.21. The summed E-state index contributed by atoms with van der Waals surface area (Å²) in [4.78, 5) is 38.2. The highest BCUT2D eigenvalue weighted by molar-refractivity contribution is 7.14. The molecule has 2 aromatic rings. The van der Waals surface area contributed by atoms with Crippen LogP contribution < -0.4 is 10.7 Å². The molecule has 1 aromatic carbocycles. The zero-order valence-electron chi connectivity index (χ0n) is 14.3. The highest BCUT2D eigenvalue weighted by atomic mass is 32.1. The standard InChI is InChI=1S/C16H15N5O5S/c1-10(22)18-14-7-12(9-27-14)15(20-26-2)16(23)19-17-8-11-3-5-13(6-4-11)21(24)25/h3-9H,1-2H3,(H,18,22)(H,19,23)/b17-8-,20-15-. The van der Waals surface area contributed by atoms with E-state index in [2.05, 4.69) is 21.0 Å². The number of nitro benzene ring substituents is 1. The Bertz CT molecular complexity index is 904. The maximum absolute atomic E-state index is 12.3. The highest BCUT2D eigenvalue weighted by Gasteiger charge is 2.17. The lowest BCUT2D eigenvalue weighted by atomic mass is 10.2. The molecule has 0 bridgehead atoms. The predicted octanol–water partition coefficient (Wildman–Crippen LogP) is 2.12. The van der Waals surface area contributed by atoms with Crippen LogP contribution in [0.25, 0.3) is 0 Å². The summed E-state index contributed by atoms with van der Waals surface area (Å²) >= 11 is 1.23. The van der Waals surface area contributed by atoms with Crippen LogP contribution in [0.3, 0.4) is 0 Å². The van der Waals surface area contributed by atoms with Crippen molar-refractivity contribution in [3.8, 4) is 0 Å². The normalized spacial score (nSPS) is 11.3. The van der Waals surface area contributed by atoms with Gasteiger partial charge in [0.05, 0.1) is 16.1 Å². The van der Waals surface area contributed by atoms with Crippen molar-refractivity contribution in [3.05, 3.63) is 57.0 Å². The third-order valence-corrected chi connectivity index (χ3v) is 3.90. The second kappa shape index (κ2) is 9.20. The molecule has 0 aliphatic carbocycles. The number of anilines is 1. The fraction of sp³-hybridized carbons (Fsp3) is 0.125. The molecule has 0 aliphatic heterocycles. The van der Waals surface area contributed by atoms with E-state index < -0.39 is 10.8 Å². The van der Waals surface area contributed by atoms with Crippen LogP contribution in [0, 0.1) is 10.1 Å². The van der Waals surface area contributed by atoms with Crippen molar-refractivity contribution in [1.82, 2.24) is 5.43 Å². The van der Waals surface area contributed by atoms with E-state index in [1.807, 2.05) is 0 Å². The number of thiophene rings is 1. The van der Waals surface area contributed by atoms with Gasteiger partial charge in [-0.3, -0.25) is 19.7 Å². The summed E-state index contributed by atoms with van der Waals surface area (Å²) in [5.74, 6) is -0.854. The van der Waals surface area contributed by atoms with E-state index >= 15 is 0 Å². The van der Waals surface area contributed by atoms with Gasteiger partial charge in [0.25, 0.3) is 11.6 Å². The largest absolute Gasteiger partial charge is 0.398 e. The van der Waals surface area contributed by atoms with Crippen LogP contribution in [-0.4, -0.2) is 35.8 Å². The Labute approximate surface area is 157 Å². The number of oxime groups is 1. The maximum atomic E-state index is 12.3. The number of carbonyl (C=O) groups is 2. The first-order chi connectivity index (χ1) is 12.9. The molecule has 1 heterocycles. The molecule has 2 rings (SSSR count). The van der Waals surface area contributed by atoms with Gasteiger partial charge in [-0.05, 0) is 23.8 Å². The average molecular weight is 389 g/mol. The van der Waals surface area contributed by atoms with Crippen molar-refractivity contribution in [2.45, 2.75) is 6.92 Å². The first-order valence-electron chi connectivity index (χ1n) is 7.46. The molecule has 0 radical (unpaired) electrons. The van der Waals surface area contributed by atoms with E-state index in [1.54, 1.807) is 11.4 Å². The van der Waals surface area contributed by atoms with Crippen LogP contribution in [0.15, 0.2) is 46.0 Å². The number of nitrogens with zero attached hydrogens (tertiary/aromatic N) is 3. The lowest BCUT2D eigenvalue weighted by Crippen LogP contribution is -2.28. The van der Waals surface area contributed by atoms with Crippen LogP contribution in [0.4, 0.5) is 10.7 Å². The van der Waals surface area contributed by atoms with E-state index in [9.17, 15) is 19.7 Å². The number of hydrogen-bond acceptors (Lipinski definition) is 8. The molecule has 0 saturated carbocycles. The maximum Gasteiger partial charge on any atom is 0.294 e. The van der Waals surface area contributed by atoms with Gasteiger partial charge < -0.3 is 10.2 Å². The van der Waals surface area contributed by atoms with E-state index in [4.69, 9.17) is 4.84 Å². The summed E-state index contributed by atoms with van der Waals surface area (Å²) in [6.07, 6.45) is 1.34. The van der Waals surface area contributed by atoms with Gasteiger partial charge in [0.2, 0.25) is 5.91 Å². The fourth-order valence-corrected chi connectivity index (χ4v) is 2.75. The molecule has 0 aliphatic rings. The van der Waals surface area contributed by atoms with Gasteiger partial charge in [-0.25, -0.2) is 5.43 Å². The van der Waals surface area contributed by atoms with Crippen LogP contribution in [0.1, 0.15) is 18.1 Å². The third kappa shape index (κ3) is 5.71. The second-order valence-corrected chi connectivity index (χ2v) is 5.96. The first-order valence-corrected chi connectivity index (χ1v) is 8.34. The van der Waals surface area contributed by atoms with Gasteiger partial charge in [0.1, 0.15) is 7.11 Å². The third-order valence-electron chi connectivity index (χ3n) is 3.05. The van der Waals surface area contributed by atoms with E-state index in [0.29, 0.717) is 16.1 Å². The topological polar surface area (TPSA) is 135 Å². The van der Waals surface area contributed by atoms with E-state index in [0.717, 1.165) is 0 Å². The second-order valence-electron chi connectivity index (χ2n) is 5.05. The molecule has 0 spiro atoms. The SMILES string of the molecule is CO/N=C(\C(=O)N/N=C\c1ccc([N+](=O)[O-])cc1)c1csc(NC(C)=O)c1.